The standard InChI is InChI=1S/C22H20O3/c1-25-19-10-7-17(8-11-19)15-22(24)20-14-18(9-12-21(20)23)13-16-5-3-2-4-6-16/h2-12,14,23H,13,15H2,1H3. The molecule has 1 N–H and O–H groups in total. The second-order valence-electron chi connectivity index (χ2n) is 5.96. The second kappa shape index (κ2) is 7.67. The van der Waals surface area contributed by atoms with Gasteiger partial charge in [0, 0.05) is 6.42 Å². The van der Waals surface area contributed by atoms with Gasteiger partial charge in [-0.3, -0.25) is 4.79 Å². The predicted octanol–water partition coefficient (Wildman–Crippen LogP) is 4.42. The van der Waals surface area contributed by atoms with E-state index in [4.69, 9.17) is 4.74 Å². The van der Waals surface area contributed by atoms with Gasteiger partial charge in [0.2, 0.25) is 0 Å². The van der Waals surface area contributed by atoms with Crippen molar-refractivity contribution in [1.82, 2.24) is 0 Å². The molecule has 3 rings (SSSR count). The monoisotopic (exact) mass is 332 g/mol. The van der Waals surface area contributed by atoms with E-state index in [0.717, 1.165) is 23.3 Å². The molecule has 3 nitrogen and oxygen atoms in total. The highest BCUT2D eigenvalue weighted by Gasteiger charge is 2.13. The number of Topliss-reactive ketones (excluding diaryl/α,β-unsaturated/α-hetero) is 1. The van der Waals surface area contributed by atoms with Crippen LogP contribution < -0.4 is 4.74 Å². The van der Waals surface area contributed by atoms with Gasteiger partial charge in [0.05, 0.1) is 12.7 Å². The Morgan fingerprint density at radius 1 is 0.880 bits per heavy atom. The number of phenolic OH excluding ortho intramolecular Hbond substituents is 1. The quantitative estimate of drug-likeness (QED) is 0.680. The first kappa shape index (κ1) is 16.8. The molecule has 0 aliphatic heterocycles. The molecule has 0 unspecified atom stereocenters. The first-order valence-corrected chi connectivity index (χ1v) is 8.17. The van der Waals surface area contributed by atoms with Gasteiger partial charge in [-0.1, -0.05) is 48.5 Å². The van der Waals surface area contributed by atoms with Crippen LogP contribution in [-0.2, 0) is 12.8 Å². The molecule has 0 fully saturated rings. The normalized spacial score (nSPS) is 10.4. The molecule has 0 aliphatic carbocycles. The van der Waals surface area contributed by atoms with Crippen LogP contribution in [0, 0.1) is 0 Å². The molecular weight excluding hydrogens is 312 g/mol. The zero-order chi connectivity index (χ0) is 17.6. The fourth-order valence-electron chi connectivity index (χ4n) is 2.77. The summed E-state index contributed by atoms with van der Waals surface area (Å²) in [5, 5.41) is 10.1. The minimum absolute atomic E-state index is 0.0234. The van der Waals surface area contributed by atoms with Gasteiger partial charge in [-0.05, 0) is 47.4 Å². The van der Waals surface area contributed by atoms with Crippen molar-refractivity contribution in [2.24, 2.45) is 0 Å². The van der Waals surface area contributed by atoms with E-state index in [1.165, 1.54) is 5.56 Å². The van der Waals surface area contributed by atoms with Gasteiger partial charge in [-0.2, -0.15) is 0 Å². The van der Waals surface area contributed by atoms with E-state index in [9.17, 15) is 9.90 Å². The van der Waals surface area contributed by atoms with Crippen molar-refractivity contribution in [2.75, 3.05) is 7.11 Å². The number of hydrogen-bond acceptors (Lipinski definition) is 3. The van der Waals surface area contributed by atoms with Crippen molar-refractivity contribution in [3.8, 4) is 11.5 Å². The molecule has 0 saturated heterocycles. The summed E-state index contributed by atoms with van der Waals surface area (Å²) in [6.45, 7) is 0. The van der Waals surface area contributed by atoms with Crippen molar-refractivity contribution in [3.63, 3.8) is 0 Å². The molecule has 0 amide bonds. The number of ether oxygens (including phenoxy) is 1. The van der Waals surface area contributed by atoms with E-state index in [-0.39, 0.29) is 18.0 Å². The Labute approximate surface area is 147 Å². The van der Waals surface area contributed by atoms with E-state index in [1.807, 2.05) is 60.7 Å². The molecule has 0 saturated carbocycles. The van der Waals surface area contributed by atoms with Crippen LogP contribution in [0.5, 0.6) is 11.5 Å². The molecule has 126 valence electrons. The molecule has 0 aromatic heterocycles. The van der Waals surface area contributed by atoms with Gasteiger partial charge in [0.1, 0.15) is 11.5 Å². The van der Waals surface area contributed by atoms with Gasteiger partial charge < -0.3 is 9.84 Å². The fraction of sp³-hybridized carbons (Fsp3) is 0.136. The third-order valence-electron chi connectivity index (χ3n) is 4.14. The van der Waals surface area contributed by atoms with Gasteiger partial charge in [-0.15, -0.1) is 0 Å². The van der Waals surface area contributed by atoms with Gasteiger partial charge in [0.25, 0.3) is 0 Å². The summed E-state index contributed by atoms with van der Waals surface area (Å²) in [6, 6.07) is 22.7. The Bertz CT molecular complexity index is 852. The highest BCUT2D eigenvalue weighted by molar-refractivity contribution is 6.00. The number of aromatic hydroxyl groups is 1. The summed E-state index contributed by atoms with van der Waals surface area (Å²) >= 11 is 0. The van der Waals surface area contributed by atoms with Gasteiger partial charge in [0.15, 0.2) is 5.78 Å². The average molecular weight is 332 g/mol. The molecule has 0 spiro atoms. The highest BCUT2D eigenvalue weighted by Crippen LogP contribution is 2.23. The summed E-state index contributed by atoms with van der Waals surface area (Å²) in [4.78, 5) is 12.6. The first-order valence-electron chi connectivity index (χ1n) is 8.17. The van der Waals surface area contributed by atoms with Crippen LogP contribution in [-0.4, -0.2) is 18.0 Å². The number of carbonyl (C=O) groups is 1. The van der Waals surface area contributed by atoms with E-state index in [1.54, 1.807) is 19.2 Å². The Morgan fingerprint density at radius 3 is 2.24 bits per heavy atom. The summed E-state index contributed by atoms with van der Waals surface area (Å²) in [7, 11) is 1.61. The number of ketones is 1. The lowest BCUT2D eigenvalue weighted by atomic mass is 9.97. The Morgan fingerprint density at radius 2 is 1.56 bits per heavy atom. The van der Waals surface area contributed by atoms with Crippen molar-refractivity contribution in [2.45, 2.75) is 12.8 Å². The molecule has 0 bridgehead atoms. The Kier molecular flexibility index (Phi) is 5.14. The lowest BCUT2D eigenvalue weighted by Gasteiger charge is -2.08. The van der Waals surface area contributed by atoms with E-state index in [2.05, 4.69) is 0 Å². The Balaban J connectivity index is 1.78. The molecule has 3 aromatic rings. The molecule has 25 heavy (non-hydrogen) atoms. The topological polar surface area (TPSA) is 46.5 Å². The van der Waals surface area contributed by atoms with Crippen LogP contribution in [0.4, 0.5) is 0 Å². The molecule has 0 aliphatic rings. The van der Waals surface area contributed by atoms with E-state index in [0.29, 0.717) is 5.56 Å². The largest absolute Gasteiger partial charge is 0.507 e. The summed E-state index contributed by atoms with van der Waals surface area (Å²) in [6.07, 6.45) is 0.969. The predicted molar refractivity (Wildman–Crippen MR) is 98.4 cm³/mol. The average Bonchev–Trinajstić information content (AvgIpc) is 2.65. The van der Waals surface area contributed by atoms with Crippen molar-refractivity contribution < 1.29 is 14.6 Å². The minimum atomic E-state index is -0.0995. The van der Waals surface area contributed by atoms with E-state index < -0.39 is 0 Å². The number of phenols is 1. The summed E-state index contributed by atoms with van der Waals surface area (Å²) in [5.74, 6) is 0.678. The highest BCUT2D eigenvalue weighted by atomic mass is 16.5. The van der Waals surface area contributed by atoms with Crippen molar-refractivity contribution >= 4 is 5.78 Å². The fourth-order valence-corrected chi connectivity index (χ4v) is 2.77. The summed E-state index contributed by atoms with van der Waals surface area (Å²) < 4.78 is 5.13. The number of methoxy groups -OCH3 is 1. The van der Waals surface area contributed by atoms with Crippen LogP contribution in [0.2, 0.25) is 0 Å². The summed E-state index contributed by atoms with van der Waals surface area (Å²) in [5.41, 5.74) is 3.42. The van der Waals surface area contributed by atoms with Crippen molar-refractivity contribution in [3.05, 3.63) is 95.1 Å². The SMILES string of the molecule is COc1ccc(CC(=O)c2cc(Cc3ccccc3)ccc2O)cc1. The second-order valence-corrected chi connectivity index (χ2v) is 5.96. The third kappa shape index (κ3) is 4.27. The van der Waals surface area contributed by atoms with E-state index >= 15 is 0 Å². The van der Waals surface area contributed by atoms with Crippen molar-refractivity contribution in [1.29, 1.82) is 0 Å². The number of benzene rings is 3. The Hall–Kier alpha value is -3.07. The van der Waals surface area contributed by atoms with Crippen LogP contribution in [0.3, 0.4) is 0 Å². The third-order valence-corrected chi connectivity index (χ3v) is 4.14. The zero-order valence-electron chi connectivity index (χ0n) is 14.1. The number of hydrogen-bond donors (Lipinski definition) is 1. The first-order chi connectivity index (χ1) is 12.2. The lowest BCUT2D eigenvalue weighted by molar-refractivity contribution is 0.0990. The minimum Gasteiger partial charge on any atom is -0.507 e. The van der Waals surface area contributed by atoms with Crippen LogP contribution >= 0.6 is 0 Å². The van der Waals surface area contributed by atoms with Crippen LogP contribution in [0.15, 0.2) is 72.8 Å². The van der Waals surface area contributed by atoms with Gasteiger partial charge >= 0.3 is 0 Å². The zero-order valence-corrected chi connectivity index (χ0v) is 14.1. The molecule has 3 aromatic carbocycles. The molecule has 0 atom stereocenters. The van der Waals surface area contributed by atoms with Crippen LogP contribution in [0.25, 0.3) is 0 Å². The molecule has 0 heterocycles. The lowest BCUT2D eigenvalue weighted by Crippen LogP contribution is -2.05. The maximum Gasteiger partial charge on any atom is 0.170 e. The maximum atomic E-state index is 12.6. The number of carbonyl (C=O) groups excluding carboxylic acids is 1. The number of rotatable bonds is 6. The molecular formula is C22H20O3. The maximum absolute atomic E-state index is 12.6. The molecule has 0 radical (unpaired) electrons. The van der Waals surface area contributed by atoms with Crippen LogP contribution in [0.1, 0.15) is 27.0 Å². The molecule has 3 heteroatoms. The van der Waals surface area contributed by atoms with Gasteiger partial charge in [-0.25, -0.2) is 0 Å². The smallest absolute Gasteiger partial charge is 0.170 e.